The van der Waals surface area contributed by atoms with E-state index in [2.05, 4.69) is 9.12 Å². The van der Waals surface area contributed by atoms with Gasteiger partial charge in [-0.05, 0) is 11.4 Å². The Hall–Kier alpha value is -0.830. The van der Waals surface area contributed by atoms with Crippen LogP contribution >= 0.6 is 0 Å². The van der Waals surface area contributed by atoms with E-state index in [0.29, 0.717) is 0 Å². The molecule has 0 aliphatic rings. The summed E-state index contributed by atoms with van der Waals surface area (Å²) in [6.45, 7) is 1.15. The zero-order valence-corrected chi connectivity index (χ0v) is 7.81. The maximum atomic E-state index is 12.5. The average Bonchev–Trinajstić information content (AvgIpc) is 2.03. The maximum absolute atomic E-state index is 12.5. The van der Waals surface area contributed by atoms with E-state index in [4.69, 9.17) is 0 Å². The van der Waals surface area contributed by atoms with Gasteiger partial charge in [0.1, 0.15) is 6.42 Å². The van der Waals surface area contributed by atoms with Crippen LogP contribution in [0.25, 0.3) is 0 Å². The second-order valence-electron chi connectivity index (χ2n) is 2.14. The van der Waals surface area contributed by atoms with Crippen molar-refractivity contribution in [1.29, 1.82) is 0 Å². The first-order chi connectivity index (χ1) is 6.27. The molecule has 0 fully saturated rings. The highest BCUT2D eigenvalue weighted by Gasteiger charge is 2.49. The van der Waals surface area contributed by atoms with Gasteiger partial charge in [0, 0.05) is 0 Å². The lowest BCUT2D eigenvalue weighted by molar-refractivity contribution is -0.148. The number of carbonyl (C=O) groups excluding carboxylic acids is 1. The number of alkyl halides is 2. The van der Waals surface area contributed by atoms with E-state index in [1.165, 1.54) is 6.92 Å². The van der Waals surface area contributed by atoms with E-state index in [1.54, 1.807) is 0 Å². The standard InChI is InChI=1S/C5H7F3O5S/c1-2-12-4(9)3-5(6,7)14(10,11)13-8/h2-3H2,1H3. The van der Waals surface area contributed by atoms with Gasteiger partial charge in [-0.15, -0.1) is 0 Å². The van der Waals surface area contributed by atoms with Crippen LogP contribution in [0.15, 0.2) is 0 Å². The molecular formula is C5H7F3O5S. The minimum atomic E-state index is -5.71. The third-order valence-corrected chi connectivity index (χ3v) is 2.15. The van der Waals surface area contributed by atoms with Gasteiger partial charge in [0.15, 0.2) is 0 Å². The van der Waals surface area contributed by atoms with Gasteiger partial charge in [-0.25, -0.2) is 0 Å². The molecule has 0 rings (SSSR count). The van der Waals surface area contributed by atoms with Crippen molar-refractivity contribution < 1.29 is 35.6 Å². The number of ether oxygens (including phenoxy) is 1. The van der Waals surface area contributed by atoms with E-state index < -0.39 is 27.8 Å². The molecule has 9 heteroatoms. The number of esters is 1. The Labute approximate surface area is 77.8 Å². The van der Waals surface area contributed by atoms with Crippen molar-refractivity contribution in [3.63, 3.8) is 0 Å². The molecule has 0 amide bonds. The zero-order chi connectivity index (χ0) is 11.4. The smallest absolute Gasteiger partial charge is 0.383 e. The first-order valence-corrected chi connectivity index (χ1v) is 4.76. The Kier molecular flexibility index (Phi) is 4.33. The van der Waals surface area contributed by atoms with Crippen LogP contribution in [0.5, 0.6) is 0 Å². The number of halogens is 3. The molecule has 0 spiro atoms. The van der Waals surface area contributed by atoms with Gasteiger partial charge >= 0.3 is 21.3 Å². The second-order valence-corrected chi connectivity index (χ2v) is 3.77. The minimum Gasteiger partial charge on any atom is -0.466 e. The van der Waals surface area contributed by atoms with Crippen LogP contribution in [-0.2, 0) is 24.0 Å². The van der Waals surface area contributed by atoms with Crippen LogP contribution in [0, 0.1) is 0 Å². The predicted molar refractivity (Wildman–Crippen MR) is 37.3 cm³/mol. The van der Waals surface area contributed by atoms with Crippen molar-refractivity contribution in [3.8, 4) is 0 Å². The normalized spacial score (nSPS) is 12.6. The number of hydrogen-bond acceptors (Lipinski definition) is 5. The van der Waals surface area contributed by atoms with Gasteiger partial charge < -0.3 is 4.74 Å². The van der Waals surface area contributed by atoms with Crippen molar-refractivity contribution in [3.05, 3.63) is 0 Å². The van der Waals surface area contributed by atoms with Gasteiger partial charge in [-0.3, -0.25) is 4.79 Å². The number of rotatable bonds is 5. The third-order valence-electron chi connectivity index (χ3n) is 1.10. The van der Waals surface area contributed by atoms with Crippen LogP contribution in [0.1, 0.15) is 13.3 Å². The molecule has 0 bridgehead atoms. The van der Waals surface area contributed by atoms with Gasteiger partial charge in [0.25, 0.3) is 0 Å². The van der Waals surface area contributed by atoms with Crippen LogP contribution in [0.2, 0.25) is 0 Å². The molecule has 0 heterocycles. The lowest BCUT2D eigenvalue weighted by Gasteiger charge is -2.11. The van der Waals surface area contributed by atoms with Crippen molar-refractivity contribution in [2.75, 3.05) is 6.61 Å². The van der Waals surface area contributed by atoms with Gasteiger partial charge in [-0.2, -0.15) is 17.2 Å². The van der Waals surface area contributed by atoms with Crippen LogP contribution in [0.3, 0.4) is 0 Å². The Morgan fingerprint density at radius 3 is 2.29 bits per heavy atom. The molecular weight excluding hydrogens is 229 g/mol. The summed E-state index contributed by atoms with van der Waals surface area (Å²) in [5.41, 5.74) is 0. The maximum Gasteiger partial charge on any atom is 0.383 e. The monoisotopic (exact) mass is 236 g/mol. The summed E-state index contributed by atoms with van der Waals surface area (Å²) >= 11 is 0. The van der Waals surface area contributed by atoms with E-state index in [9.17, 15) is 26.5 Å². The molecule has 0 N–H and O–H groups in total. The highest BCUT2D eigenvalue weighted by molar-refractivity contribution is 7.87. The Balaban J connectivity index is 4.57. The summed E-state index contributed by atoms with van der Waals surface area (Å²) < 4.78 is 62.8. The van der Waals surface area contributed by atoms with Crippen molar-refractivity contribution in [2.24, 2.45) is 0 Å². The number of hydrogen-bond donors (Lipinski definition) is 0. The van der Waals surface area contributed by atoms with Crippen LogP contribution in [-0.4, -0.2) is 26.2 Å². The third kappa shape index (κ3) is 3.14. The molecule has 84 valence electrons. The molecule has 5 nitrogen and oxygen atoms in total. The van der Waals surface area contributed by atoms with Gasteiger partial charge in [0.2, 0.25) is 0 Å². The summed E-state index contributed by atoms with van der Waals surface area (Å²) in [5, 5.41) is -4.63. The summed E-state index contributed by atoms with van der Waals surface area (Å²) in [7, 11) is -5.71. The molecule has 0 saturated carbocycles. The summed E-state index contributed by atoms with van der Waals surface area (Å²) in [5.74, 6) is -1.46. The fourth-order valence-corrected chi connectivity index (χ4v) is 0.901. The molecule has 0 saturated heterocycles. The first kappa shape index (κ1) is 13.2. The molecule has 0 aromatic heterocycles. The molecule has 14 heavy (non-hydrogen) atoms. The van der Waals surface area contributed by atoms with E-state index in [0.717, 1.165) is 0 Å². The largest absolute Gasteiger partial charge is 0.466 e. The summed E-state index contributed by atoms with van der Waals surface area (Å²) in [6.07, 6.45) is -1.78. The second kappa shape index (κ2) is 4.60. The molecule has 0 atom stereocenters. The van der Waals surface area contributed by atoms with E-state index in [1.807, 2.05) is 0 Å². The lowest BCUT2D eigenvalue weighted by atomic mass is 10.4. The van der Waals surface area contributed by atoms with Crippen molar-refractivity contribution >= 4 is 16.1 Å². The first-order valence-electron chi connectivity index (χ1n) is 3.35. The minimum absolute atomic E-state index is 0.189. The van der Waals surface area contributed by atoms with Crippen molar-refractivity contribution in [1.82, 2.24) is 0 Å². The van der Waals surface area contributed by atoms with Gasteiger partial charge in [-0.1, -0.05) is 4.39 Å². The number of carbonyl (C=O) groups is 1. The zero-order valence-electron chi connectivity index (χ0n) is 7.00. The Bertz CT molecular complexity index is 298. The lowest BCUT2D eigenvalue weighted by Crippen LogP contribution is -2.32. The molecule has 0 aromatic rings. The molecule has 0 radical (unpaired) electrons. The van der Waals surface area contributed by atoms with E-state index in [-0.39, 0.29) is 6.61 Å². The Morgan fingerprint density at radius 1 is 1.43 bits per heavy atom. The summed E-state index contributed by atoms with van der Waals surface area (Å²) in [4.78, 5) is 10.5. The molecule has 0 unspecified atom stereocenters. The highest BCUT2D eigenvalue weighted by atomic mass is 32.2. The average molecular weight is 236 g/mol. The van der Waals surface area contributed by atoms with Crippen LogP contribution < -0.4 is 0 Å². The predicted octanol–water partition coefficient (Wildman–Crippen LogP) is 0.763. The SMILES string of the molecule is CCOC(=O)CC(F)(F)S(=O)(=O)OF. The topological polar surface area (TPSA) is 69.7 Å². The summed E-state index contributed by atoms with van der Waals surface area (Å²) in [6, 6.07) is 0. The molecule has 0 aliphatic heterocycles. The van der Waals surface area contributed by atoms with Crippen LogP contribution in [0.4, 0.5) is 13.3 Å². The Morgan fingerprint density at radius 2 is 1.93 bits per heavy atom. The van der Waals surface area contributed by atoms with Gasteiger partial charge in [0.05, 0.1) is 6.61 Å². The van der Waals surface area contributed by atoms with Crippen molar-refractivity contribution in [2.45, 2.75) is 18.6 Å². The molecule has 0 aliphatic carbocycles. The van der Waals surface area contributed by atoms with E-state index >= 15 is 0 Å². The highest BCUT2D eigenvalue weighted by Crippen LogP contribution is 2.27. The quantitative estimate of drug-likeness (QED) is 0.659. The fraction of sp³-hybridized carbons (Fsp3) is 0.800. The fourth-order valence-electron chi connectivity index (χ4n) is 0.515. The molecule has 0 aromatic carbocycles.